The summed E-state index contributed by atoms with van der Waals surface area (Å²) in [5.74, 6) is -0.359. The number of nitrogens with one attached hydrogen (secondary N) is 1. The molecule has 0 fully saturated rings. The summed E-state index contributed by atoms with van der Waals surface area (Å²) < 4.78 is 49.4. The molecule has 0 aromatic heterocycles. The standard InChI is InChI=1S/C39H38FN3O5S/c1-3-41-39(45)37(26-30-10-6-4-7-11-30)42(27-31-16-18-32(40)19-17-31)38(44)28-43(49(46,47)36-24-14-29(2)15-25-36)33-20-22-35(23-21-33)48-34-12-8-5-9-13-34/h4-25,37H,3,26-28H2,1-2H3,(H,41,45)/t37-/m1/s1. The largest absolute Gasteiger partial charge is 0.457 e. The Morgan fingerprint density at radius 3 is 1.96 bits per heavy atom. The molecule has 252 valence electrons. The maximum atomic E-state index is 14.5. The number of carbonyl (C=O) groups excluding carboxylic acids is 2. The zero-order valence-electron chi connectivity index (χ0n) is 27.3. The molecule has 2 amide bonds. The van der Waals surface area contributed by atoms with Crippen LogP contribution in [0.15, 0.2) is 138 Å². The Morgan fingerprint density at radius 1 is 0.755 bits per heavy atom. The highest BCUT2D eigenvalue weighted by Gasteiger charge is 2.34. The summed E-state index contributed by atoms with van der Waals surface area (Å²) in [6, 6.07) is 35.9. The van der Waals surface area contributed by atoms with Gasteiger partial charge in [-0.05, 0) is 85.6 Å². The van der Waals surface area contributed by atoms with Crippen LogP contribution in [0.25, 0.3) is 0 Å². The van der Waals surface area contributed by atoms with Crippen LogP contribution in [0.2, 0.25) is 0 Å². The fourth-order valence-electron chi connectivity index (χ4n) is 5.30. The van der Waals surface area contributed by atoms with Crippen molar-refractivity contribution in [3.63, 3.8) is 0 Å². The van der Waals surface area contributed by atoms with Gasteiger partial charge >= 0.3 is 0 Å². The minimum Gasteiger partial charge on any atom is -0.457 e. The second-order valence-corrected chi connectivity index (χ2v) is 13.3. The number of ether oxygens (including phenoxy) is 1. The Morgan fingerprint density at radius 2 is 1.35 bits per heavy atom. The van der Waals surface area contributed by atoms with E-state index in [1.54, 1.807) is 67.6 Å². The molecule has 49 heavy (non-hydrogen) atoms. The highest BCUT2D eigenvalue weighted by Crippen LogP contribution is 2.29. The van der Waals surface area contributed by atoms with Crippen molar-refractivity contribution in [2.24, 2.45) is 0 Å². The molecular weight excluding hydrogens is 642 g/mol. The van der Waals surface area contributed by atoms with Gasteiger partial charge in [-0.15, -0.1) is 0 Å². The van der Waals surface area contributed by atoms with Gasteiger partial charge in [0.2, 0.25) is 11.8 Å². The lowest BCUT2D eigenvalue weighted by Gasteiger charge is -2.34. The van der Waals surface area contributed by atoms with Gasteiger partial charge in [-0.2, -0.15) is 0 Å². The van der Waals surface area contributed by atoms with Gasteiger partial charge in [-0.25, -0.2) is 12.8 Å². The molecule has 1 atom stereocenters. The van der Waals surface area contributed by atoms with E-state index in [-0.39, 0.29) is 23.5 Å². The molecule has 10 heteroatoms. The summed E-state index contributed by atoms with van der Waals surface area (Å²) in [6.07, 6.45) is 0.176. The minimum absolute atomic E-state index is 0.00478. The van der Waals surface area contributed by atoms with Gasteiger partial charge in [0, 0.05) is 19.5 Å². The van der Waals surface area contributed by atoms with Crippen LogP contribution in [0.3, 0.4) is 0 Å². The lowest BCUT2D eigenvalue weighted by atomic mass is 10.0. The van der Waals surface area contributed by atoms with E-state index in [4.69, 9.17) is 4.74 Å². The third-order valence-electron chi connectivity index (χ3n) is 7.88. The topological polar surface area (TPSA) is 96.0 Å². The normalized spacial score (nSPS) is 11.7. The predicted octanol–water partition coefficient (Wildman–Crippen LogP) is 6.90. The molecule has 0 heterocycles. The molecule has 0 unspecified atom stereocenters. The van der Waals surface area contributed by atoms with Crippen molar-refractivity contribution in [2.45, 2.75) is 37.8 Å². The molecule has 0 radical (unpaired) electrons. The molecule has 0 aliphatic rings. The Kier molecular flexibility index (Phi) is 11.4. The molecule has 5 aromatic rings. The number of anilines is 1. The lowest BCUT2D eigenvalue weighted by molar-refractivity contribution is -0.140. The zero-order chi connectivity index (χ0) is 34.8. The minimum atomic E-state index is -4.27. The molecule has 0 spiro atoms. The van der Waals surface area contributed by atoms with Gasteiger partial charge in [0.25, 0.3) is 10.0 Å². The van der Waals surface area contributed by atoms with Crippen molar-refractivity contribution >= 4 is 27.5 Å². The number of hydrogen-bond donors (Lipinski definition) is 1. The summed E-state index contributed by atoms with van der Waals surface area (Å²) >= 11 is 0. The molecule has 0 bridgehead atoms. The van der Waals surface area contributed by atoms with E-state index in [1.165, 1.54) is 29.2 Å². The van der Waals surface area contributed by atoms with Crippen molar-refractivity contribution in [1.82, 2.24) is 10.2 Å². The molecule has 5 rings (SSSR count). The summed E-state index contributed by atoms with van der Waals surface area (Å²) in [5.41, 5.74) is 2.50. The van der Waals surface area contributed by atoms with Gasteiger partial charge in [-0.3, -0.25) is 13.9 Å². The van der Waals surface area contributed by atoms with Crippen LogP contribution in [0.5, 0.6) is 11.5 Å². The molecular formula is C39H38FN3O5S. The number of rotatable bonds is 14. The second-order valence-electron chi connectivity index (χ2n) is 11.5. The first-order valence-corrected chi connectivity index (χ1v) is 17.4. The number of likely N-dealkylation sites (N-methyl/N-ethyl adjacent to an activating group) is 1. The molecule has 0 saturated carbocycles. The third kappa shape index (κ3) is 9.11. The van der Waals surface area contributed by atoms with Crippen molar-refractivity contribution in [1.29, 1.82) is 0 Å². The average Bonchev–Trinajstić information content (AvgIpc) is 3.11. The Hall–Kier alpha value is -5.48. The van der Waals surface area contributed by atoms with Crippen molar-refractivity contribution in [3.8, 4) is 11.5 Å². The quantitative estimate of drug-likeness (QED) is 0.138. The molecule has 5 aromatic carbocycles. The average molecular weight is 680 g/mol. The lowest BCUT2D eigenvalue weighted by Crippen LogP contribution is -2.53. The monoisotopic (exact) mass is 679 g/mol. The Labute approximate surface area is 286 Å². The van der Waals surface area contributed by atoms with Crippen LogP contribution < -0.4 is 14.4 Å². The zero-order valence-corrected chi connectivity index (χ0v) is 28.1. The number of hydrogen-bond acceptors (Lipinski definition) is 5. The third-order valence-corrected chi connectivity index (χ3v) is 9.67. The number of para-hydroxylation sites is 1. The van der Waals surface area contributed by atoms with Crippen molar-refractivity contribution < 1.29 is 27.1 Å². The molecule has 0 aliphatic carbocycles. The number of carbonyl (C=O) groups is 2. The summed E-state index contributed by atoms with van der Waals surface area (Å²) in [5, 5.41) is 2.83. The maximum absolute atomic E-state index is 14.5. The predicted molar refractivity (Wildman–Crippen MR) is 188 cm³/mol. The van der Waals surface area contributed by atoms with Gasteiger partial charge in [0.1, 0.15) is 29.9 Å². The van der Waals surface area contributed by atoms with Crippen molar-refractivity contribution in [2.75, 3.05) is 17.4 Å². The molecule has 1 N–H and O–H groups in total. The highest BCUT2D eigenvalue weighted by atomic mass is 32.2. The Balaban J connectivity index is 1.54. The summed E-state index contributed by atoms with van der Waals surface area (Å²) in [7, 11) is -4.27. The second kappa shape index (κ2) is 16.1. The van der Waals surface area contributed by atoms with Crippen LogP contribution in [0.1, 0.15) is 23.6 Å². The van der Waals surface area contributed by atoms with Gasteiger partial charge in [-0.1, -0.05) is 78.4 Å². The highest BCUT2D eigenvalue weighted by molar-refractivity contribution is 7.92. The molecule has 8 nitrogen and oxygen atoms in total. The van der Waals surface area contributed by atoms with Gasteiger partial charge in [0.15, 0.2) is 0 Å². The van der Waals surface area contributed by atoms with Crippen LogP contribution in [-0.4, -0.2) is 44.3 Å². The number of benzene rings is 5. The molecule has 0 saturated heterocycles. The van der Waals surface area contributed by atoms with E-state index < -0.39 is 40.2 Å². The van der Waals surface area contributed by atoms with E-state index in [0.29, 0.717) is 23.6 Å². The first kappa shape index (κ1) is 34.8. The smallest absolute Gasteiger partial charge is 0.264 e. The van der Waals surface area contributed by atoms with Gasteiger partial charge in [0.05, 0.1) is 10.6 Å². The van der Waals surface area contributed by atoms with Crippen molar-refractivity contribution in [3.05, 3.63) is 156 Å². The number of aryl methyl sites for hydroxylation is 1. The van der Waals surface area contributed by atoms with E-state index in [2.05, 4.69) is 5.32 Å². The SMILES string of the molecule is CCNC(=O)[C@@H](Cc1ccccc1)N(Cc1ccc(F)cc1)C(=O)CN(c1ccc(Oc2ccccc2)cc1)S(=O)(=O)c1ccc(C)cc1. The fraction of sp³-hybridized carbons (Fsp3) is 0.179. The van der Waals surface area contributed by atoms with Crippen LogP contribution in [0.4, 0.5) is 10.1 Å². The van der Waals surface area contributed by atoms with E-state index >= 15 is 0 Å². The van der Waals surface area contributed by atoms with Gasteiger partial charge < -0.3 is 15.0 Å². The van der Waals surface area contributed by atoms with Crippen LogP contribution in [0, 0.1) is 12.7 Å². The Bertz CT molecular complexity index is 1940. The fourth-order valence-corrected chi connectivity index (χ4v) is 6.72. The van der Waals surface area contributed by atoms with E-state index in [9.17, 15) is 22.4 Å². The molecule has 0 aliphatic heterocycles. The number of nitrogens with zero attached hydrogens (tertiary/aromatic N) is 2. The first-order valence-electron chi connectivity index (χ1n) is 15.9. The van der Waals surface area contributed by atoms with E-state index in [1.807, 2.05) is 55.5 Å². The van der Waals surface area contributed by atoms with Crippen LogP contribution >= 0.6 is 0 Å². The first-order chi connectivity index (χ1) is 23.6. The number of amides is 2. The summed E-state index contributed by atoms with van der Waals surface area (Å²) in [4.78, 5) is 29.5. The summed E-state index contributed by atoms with van der Waals surface area (Å²) in [6.45, 7) is 3.29. The maximum Gasteiger partial charge on any atom is 0.264 e. The van der Waals surface area contributed by atoms with E-state index in [0.717, 1.165) is 15.4 Å². The van der Waals surface area contributed by atoms with Crippen LogP contribution in [-0.2, 0) is 32.6 Å². The number of halogens is 1. The number of sulfonamides is 1.